The summed E-state index contributed by atoms with van der Waals surface area (Å²) >= 11 is 0. The first-order valence-corrected chi connectivity index (χ1v) is 9.19. The second kappa shape index (κ2) is 9.59. The summed E-state index contributed by atoms with van der Waals surface area (Å²) in [7, 11) is 1.71. The summed E-state index contributed by atoms with van der Waals surface area (Å²) in [5.74, 6) is -0.977. The highest BCUT2D eigenvalue weighted by Gasteiger charge is 2.23. The SMILES string of the molecule is CC.Cc1ccc(Nc2c(C(=O)NC/C(O)=C/O)c3cccnc3n2C)c(F)c1. The Morgan fingerprint density at radius 3 is 2.69 bits per heavy atom. The van der Waals surface area contributed by atoms with E-state index in [-0.39, 0.29) is 23.6 Å². The normalized spacial score (nSPS) is 11.0. The molecule has 2 heterocycles. The molecule has 0 radical (unpaired) electrons. The summed E-state index contributed by atoms with van der Waals surface area (Å²) in [5.41, 5.74) is 1.80. The van der Waals surface area contributed by atoms with E-state index in [1.54, 1.807) is 49.0 Å². The lowest BCUT2D eigenvalue weighted by Crippen LogP contribution is -2.26. The molecule has 3 aromatic rings. The Bertz CT molecular complexity index is 1040. The summed E-state index contributed by atoms with van der Waals surface area (Å²) in [6.07, 6.45) is 2.10. The van der Waals surface area contributed by atoms with Gasteiger partial charge in [0.2, 0.25) is 0 Å². The maximum Gasteiger partial charge on any atom is 0.256 e. The molecule has 29 heavy (non-hydrogen) atoms. The number of amides is 1. The number of aliphatic hydroxyl groups is 2. The number of aryl methyl sites for hydroxylation is 2. The van der Waals surface area contributed by atoms with Gasteiger partial charge in [-0.3, -0.25) is 4.79 Å². The number of pyridine rings is 1. The van der Waals surface area contributed by atoms with Crippen LogP contribution in [-0.2, 0) is 7.05 Å². The number of aliphatic hydroxyl groups excluding tert-OH is 2. The number of anilines is 2. The van der Waals surface area contributed by atoms with Crippen LogP contribution in [0, 0.1) is 12.7 Å². The second-order valence-corrected chi connectivity index (χ2v) is 6.07. The highest BCUT2D eigenvalue weighted by atomic mass is 19.1. The van der Waals surface area contributed by atoms with Crippen LogP contribution in [0.5, 0.6) is 0 Å². The van der Waals surface area contributed by atoms with Crippen LogP contribution in [0.4, 0.5) is 15.9 Å². The third-order valence-corrected chi connectivity index (χ3v) is 4.13. The molecule has 0 atom stereocenters. The average molecular weight is 400 g/mol. The molecule has 0 aliphatic rings. The van der Waals surface area contributed by atoms with Crippen molar-refractivity contribution >= 4 is 28.4 Å². The number of nitrogens with zero attached hydrogens (tertiary/aromatic N) is 2. The fourth-order valence-corrected chi connectivity index (χ4v) is 2.79. The topological polar surface area (TPSA) is 99.4 Å². The van der Waals surface area contributed by atoms with Gasteiger partial charge in [-0.1, -0.05) is 19.9 Å². The number of rotatable bonds is 5. The van der Waals surface area contributed by atoms with Crippen LogP contribution in [-0.4, -0.2) is 32.2 Å². The van der Waals surface area contributed by atoms with Crippen LogP contribution in [0.1, 0.15) is 29.8 Å². The van der Waals surface area contributed by atoms with Gasteiger partial charge in [0.15, 0.2) is 0 Å². The Morgan fingerprint density at radius 2 is 2.03 bits per heavy atom. The molecule has 0 saturated carbocycles. The number of hydrogen-bond donors (Lipinski definition) is 4. The molecule has 1 amide bonds. The molecule has 0 aliphatic carbocycles. The predicted octanol–water partition coefficient (Wildman–Crippen LogP) is 4.48. The van der Waals surface area contributed by atoms with E-state index in [0.717, 1.165) is 5.56 Å². The Hall–Kier alpha value is -3.55. The van der Waals surface area contributed by atoms with Crippen molar-refractivity contribution in [3.63, 3.8) is 0 Å². The molecular formula is C21H25FN4O3. The van der Waals surface area contributed by atoms with Gasteiger partial charge in [-0.2, -0.15) is 0 Å². The third-order valence-electron chi connectivity index (χ3n) is 4.13. The Labute approximate surface area is 168 Å². The van der Waals surface area contributed by atoms with Crippen molar-refractivity contribution < 1.29 is 19.4 Å². The van der Waals surface area contributed by atoms with Crippen molar-refractivity contribution in [2.75, 3.05) is 11.9 Å². The van der Waals surface area contributed by atoms with Gasteiger partial charge in [0.05, 0.1) is 17.8 Å². The number of nitrogens with one attached hydrogen (secondary N) is 2. The molecule has 154 valence electrons. The number of aromatic nitrogens is 2. The van der Waals surface area contributed by atoms with Crippen molar-refractivity contribution in [2.24, 2.45) is 7.05 Å². The van der Waals surface area contributed by atoms with E-state index in [0.29, 0.717) is 23.1 Å². The van der Waals surface area contributed by atoms with Gasteiger partial charge in [0.1, 0.15) is 29.3 Å². The molecule has 8 heteroatoms. The smallest absolute Gasteiger partial charge is 0.256 e. The first kappa shape index (κ1) is 21.7. The van der Waals surface area contributed by atoms with Gasteiger partial charge in [-0.15, -0.1) is 0 Å². The number of benzene rings is 1. The predicted molar refractivity (Wildman–Crippen MR) is 112 cm³/mol. The summed E-state index contributed by atoms with van der Waals surface area (Å²) in [6.45, 7) is 5.54. The average Bonchev–Trinajstić information content (AvgIpc) is 3.01. The molecule has 2 aromatic heterocycles. The van der Waals surface area contributed by atoms with Crippen molar-refractivity contribution in [2.45, 2.75) is 20.8 Å². The van der Waals surface area contributed by atoms with Crippen LogP contribution >= 0.6 is 0 Å². The second-order valence-electron chi connectivity index (χ2n) is 6.07. The van der Waals surface area contributed by atoms with Crippen LogP contribution in [0.3, 0.4) is 0 Å². The van der Waals surface area contributed by atoms with E-state index < -0.39 is 11.7 Å². The highest BCUT2D eigenvalue weighted by Crippen LogP contribution is 2.31. The van der Waals surface area contributed by atoms with Gasteiger partial charge in [-0.25, -0.2) is 9.37 Å². The summed E-state index contributed by atoms with van der Waals surface area (Å²) in [5, 5.41) is 24.2. The maximum atomic E-state index is 14.3. The molecule has 0 aliphatic heterocycles. The Morgan fingerprint density at radius 1 is 1.31 bits per heavy atom. The molecule has 4 N–H and O–H groups in total. The van der Waals surface area contributed by atoms with Crippen LogP contribution in [0.25, 0.3) is 11.0 Å². The number of carbonyl (C=O) groups excluding carboxylic acids is 1. The monoisotopic (exact) mass is 400 g/mol. The number of carbonyl (C=O) groups is 1. The lowest BCUT2D eigenvalue weighted by atomic mass is 10.1. The molecule has 0 fully saturated rings. The highest BCUT2D eigenvalue weighted by molar-refractivity contribution is 6.11. The summed E-state index contributed by atoms with van der Waals surface area (Å²) < 4.78 is 16.0. The van der Waals surface area contributed by atoms with Gasteiger partial charge in [0.25, 0.3) is 5.91 Å². The van der Waals surface area contributed by atoms with E-state index in [2.05, 4.69) is 15.6 Å². The van der Waals surface area contributed by atoms with Crippen molar-refractivity contribution in [1.29, 1.82) is 0 Å². The molecule has 0 saturated heterocycles. The third kappa shape index (κ3) is 4.66. The lowest BCUT2D eigenvalue weighted by molar-refractivity contribution is 0.0954. The minimum atomic E-state index is -0.503. The van der Waals surface area contributed by atoms with Crippen molar-refractivity contribution in [1.82, 2.24) is 14.9 Å². The van der Waals surface area contributed by atoms with E-state index in [1.165, 1.54) is 6.07 Å². The molecule has 0 bridgehead atoms. The van der Waals surface area contributed by atoms with Gasteiger partial charge < -0.3 is 25.4 Å². The quantitative estimate of drug-likeness (QED) is 0.473. The number of fused-ring (bicyclic) bond motifs is 1. The Kier molecular flexibility index (Phi) is 7.19. The fourth-order valence-electron chi connectivity index (χ4n) is 2.79. The van der Waals surface area contributed by atoms with E-state index in [9.17, 15) is 14.3 Å². The van der Waals surface area contributed by atoms with E-state index in [1.807, 2.05) is 13.8 Å². The fraction of sp³-hybridized carbons (Fsp3) is 0.238. The van der Waals surface area contributed by atoms with E-state index in [4.69, 9.17) is 5.11 Å². The largest absolute Gasteiger partial charge is 0.512 e. The summed E-state index contributed by atoms with van der Waals surface area (Å²) in [6, 6.07) is 8.18. The van der Waals surface area contributed by atoms with E-state index >= 15 is 0 Å². The molecule has 7 nitrogen and oxygen atoms in total. The number of hydrogen-bond acceptors (Lipinski definition) is 5. The Balaban J connectivity index is 0.00000145. The van der Waals surface area contributed by atoms with Crippen LogP contribution in [0.15, 0.2) is 48.5 Å². The zero-order chi connectivity index (χ0) is 21.6. The summed E-state index contributed by atoms with van der Waals surface area (Å²) in [4.78, 5) is 17.0. The molecular weight excluding hydrogens is 375 g/mol. The first-order chi connectivity index (χ1) is 13.9. The minimum absolute atomic E-state index is 0.221. The molecule has 0 spiro atoms. The maximum absolute atomic E-state index is 14.3. The van der Waals surface area contributed by atoms with Gasteiger partial charge in [0, 0.05) is 18.6 Å². The zero-order valence-electron chi connectivity index (χ0n) is 16.8. The minimum Gasteiger partial charge on any atom is -0.512 e. The first-order valence-electron chi connectivity index (χ1n) is 9.19. The number of halogens is 1. The zero-order valence-corrected chi connectivity index (χ0v) is 16.8. The molecule has 0 unspecified atom stereocenters. The van der Waals surface area contributed by atoms with Crippen LogP contribution < -0.4 is 10.6 Å². The standard InChI is InChI=1S/C19H19FN4O3.C2H6/c1-11-5-6-15(14(20)8-11)23-18-16(19(27)22-9-12(26)10-25)13-4-3-7-21-17(13)24(18)2;1-2/h3-8,10,23,25-26H,9H2,1-2H3,(H,22,27);1-2H3/b12-10-;. The van der Waals surface area contributed by atoms with Crippen LogP contribution in [0.2, 0.25) is 0 Å². The van der Waals surface area contributed by atoms with Gasteiger partial charge >= 0.3 is 0 Å². The molecule has 1 aromatic carbocycles. The molecule has 3 rings (SSSR count). The van der Waals surface area contributed by atoms with Crippen molar-refractivity contribution in [3.05, 3.63) is 65.5 Å². The van der Waals surface area contributed by atoms with Crippen molar-refractivity contribution in [3.8, 4) is 0 Å². The van der Waals surface area contributed by atoms with Gasteiger partial charge in [-0.05, 0) is 36.8 Å². The lowest BCUT2D eigenvalue weighted by Gasteiger charge is -2.12.